The number of carbonyl (C=O) groups excluding carboxylic acids is 2. The number of nitrogens with one attached hydrogen (secondary N) is 2. The molecule has 0 bridgehead atoms. The summed E-state index contributed by atoms with van der Waals surface area (Å²) < 4.78 is 4.09. The summed E-state index contributed by atoms with van der Waals surface area (Å²) >= 11 is 0. The first-order valence-corrected chi connectivity index (χ1v) is 10.6. The summed E-state index contributed by atoms with van der Waals surface area (Å²) in [7, 11) is 1.79. The van der Waals surface area contributed by atoms with Crippen LogP contribution in [0.4, 0.5) is 0 Å². The van der Waals surface area contributed by atoms with Crippen molar-refractivity contribution in [2.45, 2.75) is 52.7 Å². The number of rotatable bonds is 7. The third-order valence-corrected chi connectivity index (χ3v) is 5.35. The van der Waals surface area contributed by atoms with E-state index in [1.54, 1.807) is 11.7 Å². The van der Waals surface area contributed by atoms with Gasteiger partial charge >= 0.3 is 0 Å². The van der Waals surface area contributed by atoms with Crippen molar-refractivity contribution in [3.8, 4) is 5.88 Å². The average Bonchev–Trinajstić information content (AvgIpc) is 3.30. The molecule has 0 saturated heterocycles. The van der Waals surface area contributed by atoms with Crippen molar-refractivity contribution in [2.24, 2.45) is 13.0 Å². The van der Waals surface area contributed by atoms with Gasteiger partial charge in [-0.1, -0.05) is 13.8 Å². The molecule has 11 heteroatoms. The Bertz CT molecular complexity index is 1260. The zero-order chi connectivity index (χ0) is 23.2. The molecule has 4 rings (SSSR count). The lowest BCUT2D eigenvalue weighted by atomic mass is 10.2. The van der Waals surface area contributed by atoms with Gasteiger partial charge in [0.25, 0.3) is 17.4 Å². The second-order valence-corrected chi connectivity index (χ2v) is 8.63. The van der Waals surface area contributed by atoms with Gasteiger partial charge in [-0.25, -0.2) is 0 Å². The van der Waals surface area contributed by atoms with Crippen LogP contribution in [0.25, 0.3) is 5.65 Å². The number of nitrogens with zero attached hydrogens (tertiary/aromatic N) is 5. The summed E-state index contributed by atoms with van der Waals surface area (Å²) in [6, 6.07) is 1.88. The van der Waals surface area contributed by atoms with Crippen LogP contribution >= 0.6 is 0 Å². The maximum absolute atomic E-state index is 13.0. The van der Waals surface area contributed by atoms with Gasteiger partial charge in [0.05, 0.1) is 24.1 Å². The van der Waals surface area contributed by atoms with Gasteiger partial charge in [0, 0.05) is 19.6 Å². The molecule has 0 unspecified atom stereocenters. The molecule has 2 amide bonds. The molecule has 11 nitrogen and oxygen atoms in total. The van der Waals surface area contributed by atoms with Gasteiger partial charge in [0.2, 0.25) is 5.88 Å². The van der Waals surface area contributed by atoms with E-state index in [0.717, 1.165) is 28.7 Å². The Morgan fingerprint density at radius 1 is 1.28 bits per heavy atom. The molecule has 170 valence electrons. The fourth-order valence-electron chi connectivity index (χ4n) is 3.67. The maximum atomic E-state index is 13.0. The van der Waals surface area contributed by atoms with E-state index in [1.807, 2.05) is 26.8 Å². The lowest BCUT2D eigenvalue weighted by Gasteiger charge is -2.17. The van der Waals surface area contributed by atoms with Gasteiger partial charge in [-0.3, -0.25) is 23.6 Å². The molecule has 0 spiro atoms. The first kappa shape index (κ1) is 21.6. The zero-order valence-electron chi connectivity index (χ0n) is 18.5. The largest absolute Gasteiger partial charge is 0.494 e. The molecule has 0 radical (unpaired) electrons. The third-order valence-electron chi connectivity index (χ3n) is 5.35. The van der Waals surface area contributed by atoms with Crippen LogP contribution in [0.1, 0.15) is 58.8 Å². The lowest BCUT2D eigenvalue weighted by Crippen LogP contribution is -2.35. The van der Waals surface area contributed by atoms with Gasteiger partial charge < -0.3 is 15.7 Å². The molecule has 1 fully saturated rings. The van der Waals surface area contributed by atoms with E-state index in [0.29, 0.717) is 0 Å². The van der Waals surface area contributed by atoms with Crippen LogP contribution in [0, 0.1) is 12.8 Å². The number of aryl methyl sites for hydroxylation is 2. The first-order chi connectivity index (χ1) is 15.2. The van der Waals surface area contributed by atoms with Gasteiger partial charge in [0.15, 0.2) is 11.2 Å². The fraction of sp³-hybridized carbons (Fsp3) is 0.476. The standard InChI is InChI=1S/C21H27N7O4/c1-11(2)10-27-19-15(17(29)22-8-14-7-12(3)25-26(14)4)9-23-28(19)21(32)16(20(27)31)18(30)24-13-5-6-13/h7,9,11,13,31H,5-6,8,10H2,1-4H3,(H,22,29)(H,24,30). The normalized spacial score (nSPS) is 13.7. The minimum atomic E-state index is -0.767. The molecular weight excluding hydrogens is 414 g/mol. The average molecular weight is 441 g/mol. The van der Waals surface area contributed by atoms with Crippen LogP contribution in [0.15, 0.2) is 17.1 Å². The van der Waals surface area contributed by atoms with Crippen molar-refractivity contribution in [3.05, 3.63) is 45.1 Å². The number of fused-ring (bicyclic) bond motifs is 1. The molecule has 3 aromatic rings. The summed E-state index contributed by atoms with van der Waals surface area (Å²) in [5, 5.41) is 24.8. The number of amides is 2. The molecule has 1 saturated carbocycles. The maximum Gasteiger partial charge on any atom is 0.291 e. The quantitative estimate of drug-likeness (QED) is 0.494. The van der Waals surface area contributed by atoms with Crippen molar-refractivity contribution in [1.82, 2.24) is 34.6 Å². The predicted octanol–water partition coefficient (Wildman–Crippen LogP) is 0.722. The topological polar surface area (TPSA) is 136 Å². The smallest absolute Gasteiger partial charge is 0.291 e. The second-order valence-electron chi connectivity index (χ2n) is 8.63. The minimum Gasteiger partial charge on any atom is -0.494 e. The zero-order valence-corrected chi connectivity index (χ0v) is 18.5. The van der Waals surface area contributed by atoms with E-state index in [1.165, 1.54) is 10.8 Å². The fourth-order valence-corrected chi connectivity index (χ4v) is 3.67. The van der Waals surface area contributed by atoms with Crippen molar-refractivity contribution >= 4 is 17.5 Å². The van der Waals surface area contributed by atoms with Crippen LogP contribution in [0.3, 0.4) is 0 Å². The van der Waals surface area contributed by atoms with Gasteiger partial charge in [-0.05, 0) is 31.7 Å². The van der Waals surface area contributed by atoms with Gasteiger partial charge in [-0.15, -0.1) is 0 Å². The Balaban J connectivity index is 1.75. The van der Waals surface area contributed by atoms with E-state index in [-0.39, 0.29) is 41.8 Å². The molecule has 3 aromatic heterocycles. The van der Waals surface area contributed by atoms with Crippen molar-refractivity contribution in [1.29, 1.82) is 0 Å². The number of aromatic hydroxyl groups is 1. The summed E-state index contributed by atoms with van der Waals surface area (Å²) in [4.78, 5) is 38.6. The number of aromatic nitrogens is 5. The van der Waals surface area contributed by atoms with E-state index < -0.39 is 23.3 Å². The molecule has 3 N–H and O–H groups in total. The highest BCUT2D eigenvalue weighted by molar-refractivity contribution is 6.01. The Morgan fingerprint density at radius 3 is 2.59 bits per heavy atom. The Hall–Kier alpha value is -3.63. The van der Waals surface area contributed by atoms with E-state index in [4.69, 9.17) is 0 Å². The molecule has 3 heterocycles. The number of carbonyl (C=O) groups is 2. The van der Waals surface area contributed by atoms with Crippen LogP contribution in [0.5, 0.6) is 5.88 Å². The van der Waals surface area contributed by atoms with Crippen molar-refractivity contribution < 1.29 is 14.7 Å². The summed E-state index contributed by atoms with van der Waals surface area (Å²) in [5.41, 5.74) is 0.783. The van der Waals surface area contributed by atoms with Gasteiger partial charge in [-0.2, -0.15) is 14.7 Å². The van der Waals surface area contributed by atoms with Crippen LogP contribution < -0.4 is 16.2 Å². The second kappa shape index (κ2) is 8.13. The predicted molar refractivity (Wildman–Crippen MR) is 116 cm³/mol. The monoisotopic (exact) mass is 441 g/mol. The lowest BCUT2D eigenvalue weighted by molar-refractivity contribution is 0.0940. The molecule has 1 aliphatic carbocycles. The highest BCUT2D eigenvalue weighted by atomic mass is 16.3. The Kier molecular flexibility index (Phi) is 5.49. The molecule has 0 atom stereocenters. The SMILES string of the molecule is Cc1cc(CNC(=O)c2cnn3c(=O)c(C(=O)NC4CC4)c(O)n(CC(C)C)c23)n(C)n1. The molecule has 0 aromatic carbocycles. The third kappa shape index (κ3) is 3.97. The van der Waals surface area contributed by atoms with Gasteiger partial charge in [0.1, 0.15) is 5.56 Å². The highest BCUT2D eigenvalue weighted by Gasteiger charge is 2.30. The minimum absolute atomic E-state index is 0.0187. The molecule has 1 aliphatic rings. The van der Waals surface area contributed by atoms with Crippen LogP contribution in [-0.4, -0.2) is 46.9 Å². The Morgan fingerprint density at radius 2 is 2.00 bits per heavy atom. The van der Waals surface area contributed by atoms with E-state index in [9.17, 15) is 19.5 Å². The number of hydrogen-bond acceptors (Lipinski definition) is 6. The van der Waals surface area contributed by atoms with Crippen LogP contribution in [-0.2, 0) is 20.1 Å². The van der Waals surface area contributed by atoms with Crippen molar-refractivity contribution in [2.75, 3.05) is 0 Å². The van der Waals surface area contributed by atoms with E-state index in [2.05, 4.69) is 20.8 Å². The van der Waals surface area contributed by atoms with E-state index >= 15 is 0 Å². The van der Waals surface area contributed by atoms with Crippen molar-refractivity contribution in [3.63, 3.8) is 0 Å². The summed E-state index contributed by atoms with van der Waals surface area (Å²) in [5.74, 6) is -1.49. The Labute approximate surface area is 184 Å². The summed E-state index contributed by atoms with van der Waals surface area (Å²) in [6.45, 7) is 6.24. The first-order valence-electron chi connectivity index (χ1n) is 10.6. The molecule has 32 heavy (non-hydrogen) atoms. The number of hydrogen-bond donors (Lipinski definition) is 3. The molecule has 0 aliphatic heterocycles. The highest BCUT2D eigenvalue weighted by Crippen LogP contribution is 2.24. The van der Waals surface area contributed by atoms with Crippen LogP contribution in [0.2, 0.25) is 0 Å². The molecular formula is C21H27N7O4. The summed E-state index contributed by atoms with van der Waals surface area (Å²) in [6.07, 6.45) is 2.97.